The summed E-state index contributed by atoms with van der Waals surface area (Å²) in [6.45, 7) is 1.59. The van der Waals surface area contributed by atoms with Crippen molar-refractivity contribution in [3.63, 3.8) is 0 Å². The number of Topliss-reactive ketones (excluding diaryl/α,β-unsaturated/α-hetero) is 1. The minimum Gasteiger partial charge on any atom is -0.507 e. The Morgan fingerprint density at radius 3 is 2.40 bits per heavy atom. The number of nitro benzene ring substituents is 1. The molecule has 1 aliphatic heterocycles. The molecule has 3 aromatic carbocycles. The number of phenols is 1. The van der Waals surface area contributed by atoms with Gasteiger partial charge in [-0.25, -0.2) is 0 Å². The van der Waals surface area contributed by atoms with Gasteiger partial charge in [-0.2, -0.15) is 0 Å². The van der Waals surface area contributed by atoms with Crippen molar-refractivity contribution in [1.82, 2.24) is 0 Å². The number of carbonyl (C=O) groups is 4. The fraction of sp³-hybridized carbons (Fsp3) is 0.212. The van der Waals surface area contributed by atoms with E-state index in [0.717, 1.165) is 15.9 Å². The second-order valence-electron chi connectivity index (χ2n) is 11.2. The second kappa shape index (κ2) is 9.17. The fourth-order valence-electron chi connectivity index (χ4n) is 7.22. The smallest absolute Gasteiger partial charge is 0.269 e. The summed E-state index contributed by atoms with van der Waals surface area (Å²) >= 11 is 0. The molecule has 1 N–H and O–H groups in total. The van der Waals surface area contributed by atoms with E-state index in [0.29, 0.717) is 27.7 Å². The van der Waals surface area contributed by atoms with Crippen molar-refractivity contribution in [2.24, 2.45) is 17.8 Å². The third kappa shape index (κ3) is 3.56. The Bertz CT molecular complexity index is 1880. The van der Waals surface area contributed by atoms with Gasteiger partial charge in [0.25, 0.3) is 5.69 Å². The monoisotopic (exact) mass is 560 g/mol. The number of phenolic OH excluding ortho intramolecular Hbond substituents is 1. The molecule has 3 aliphatic carbocycles. The van der Waals surface area contributed by atoms with Gasteiger partial charge in [0, 0.05) is 45.7 Å². The maximum atomic E-state index is 14.0. The molecule has 0 radical (unpaired) electrons. The summed E-state index contributed by atoms with van der Waals surface area (Å²) in [7, 11) is 0. The number of benzene rings is 3. The Hall–Kier alpha value is -5.18. The fourth-order valence-corrected chi connectivity index (χ4v) is 7.22. The predicted molar refractivity (Wildman–Crippen MR) is 153 cm³/mol. The van der Waals surface area contributed by atoms with Crippen LogP contribution in [0.25, 0.3) is 10.8 Å². The molecular weight excluding hydrogens is 536 g/mol. The first kappa shape index (κ1) is 25.8. The van der Waals surface area contributed by atoms with Crippen LogP contribution in [0, 0.1) is 27.9 Å². The Balaban J connectivity index is 1.37. The lowest BCUT2D eigenvalue weighted by Gasteiger charge is -2.42. The number of aromatic hydroxyl groups is 1. The van der Waals surface area contributed by atoms with Crippen LogP contribution in [0.1, 0.15) is 31.2 Å². The summed E-state index contributed by atoms with van der Waals surface area (Å²) in [4.78, 5) is 66.3. The number of amides is 2. The maximum absolute atomic E-state index is 14.0. The number of hydrogen-bond donors (Lipinski definition) is 1. The number of allylic oxidation sites excluding steroid dienone is 6. The number of rotatable bonds is 3. The van der Waals surface area contributed by atoms with Crippen molar-refractivity contribution in [1.29, 1.82) is 0 Å². The van der Waals surface area contributed by atoms with E-state index in [1.54, 1.807) is 19.1 Å². The van der Waals surface area contributed by atoms with Crippen molar-refractivity contribution < 1.29 is 29.2 Å². The van der Waals surface area contributed by atoms with Crippen molar-refractivity contribution >= 4 is 45.5 Å². The Morgan fingerprint density at radius 2 is 1.67 bits per heavy atom. The highest BCUT2D eigenvalue weighted by Gasteiger charge is 2.56. The standard InChI is InChI=1S/C33H24N2O7/c1-16-14-26(36)29-25(30(16)37)15-24-21(27(29)22-11-6-17-4-2-3-5-20(17)31(22)38)12-13-23-28(24)33(40)34(32(23)39)18-7-9-19(10-8-18)35(41)42/h2-12,14,23-24,27-28,38H,13,15H2,1H3. The van der Waals surface area contributed by atoms with Crippen LogP contribution in [0.5, 0.6) is 5.75 Å². The lowest BCUT2D eigenvalue weighted by molar-refractivity contribution is -0.384. The molecule has 1 saturated heterocycles. The van der Waals surface area contributed by atoms with Crippen LogP contribution in [0.3, 0.4) is 0 Å². The van der Waals surface area contributed by atoms with Gasteiger partial charge in [0.05, 0.1) is 22.4 Å². The average Bonchev–Trinajstić information content (AvgIpc) is 3.25. The van der Waals surface area contributed by atoms with Crippen LogP contribution in [-0.4, -0.2) is 33.4 Å². The summed E-state index contributed by atoms with van der Waals surface area (Å²) < 4.78 is 0. The minimum absolute atomic E-state index is 0.00137. The van der Waals surface area contributed by atoms with Gasteiger partial charge in [0.1, 0.15) is 5.75 Å². The van der Waals surface area contributed by atoms with E-state index in [4.69, 9.17) is 0 Å². The normalized spacial score (nSPS) is 25.2. The van der Waals surface area contributed by atoms with Gasteiger partial charge in [0.2, 0.25) is 11.8 Å². The molecule has 1 heterocycles. The van der Waals surface area contributed by atoms with E-state index in [9.17, 15) is 34.4 Å². The lowest BCUT2D eigenvalue weighted by atomic mass is 9.59. The zero-order chi connectivity index (χ0) is 29.4. The van der Waals surface area contributed by atoms with Crippen molar-refractivity contribution in [2.45, 2.75) is 25.7 Å². The zero-order valence-corrected chi connectivity index (χ0v) is 22.4. The number of ketones is 2. The van der Waals surface area contributed by atoms with Gasteiger partial charge in [-0.3, -0.25) is 34.2 Å². The first-order valence-electron chi connectivity index (χ1n) is 13.7. The summed E-state index contributed by atoms with van der Waals surface area (Å²) in [5, 5.41) is 24.0. The number of imide groups is 1. The molecule has 1 fully saturated rings. The third-order valence-electron chi connectivity index (χ3n) is 9.12. The van der Waals surface area contributed by atoms with Gasteiger partial charge in [-0.1, -0.05) is 48.0 Å². The second-order valence-corrected chi connectivity index (χ2v) is 11.2. The largest absolute Gasteiger partial charge is 0.507 e. The molecule has 42 heavy (non-hydrogen) atoms. The number of nitro groups is 1. The molecule has 9 nitrogen and oxygen atoms in total. The van der Waals surface area contributed by atoms with Crippen LogP contribution < -0.4 is 4.90 Å². The van der Waals surface area contributed by atoms with Crippen molar-refractivity contribution in [2.75, 3.05) is 4.90 Å². The maximum Gasteiger partial charge on any atom is 0.269 e. The summed E-state index contributed by atoms with van der Waals surface area (Å²) in [6, 6.07) is 16.2. The molecule has 0 aromatic heterocycles. The summed E-state index contributed by atoms with van der Waals surface area (Å²) in [5.74, 6) is -4.21. The molecule has 7 rings (SSSR count). The number of anilines is 1. The highest BCUT2D eigenvalue weighted by atomic mass is 16.6. The summed E-state index contributed by atoms with van der Waals surface area (Å²) in [5.41, 5.74) is 2.22. The molecule has 4 aliphatic rings. The van der Waals surface area contributed by atoms with E-state index >= 15 is 0 Å². The number of carbonyl (C=O) groups excluding carboxylic acids is 4. The molecule has 4 atom stereocenters. The molecule has 0 bridgehead atoms. The molecule has 0 spiro atoms. The molecule has 4 unspecified atom stereocenters. The van der Waals surface area contributed by atoms with E-state index in [-0.39, 0.29) is 41.5 Å². The van der Waals surface area contributed by atoms with E-state index in [1.165, 1.54) is 30.3 Å². The number of non-ortho nitro benzene ring substituents is 1. The van der Waals surface area contributed by atoms with Crippen LogP contribution >= 0.6 is 0 Å². The molecule has 208 valence electrons. The molecule has 2 amide bonds. The number of nitrogens with zero attached hydrogens (tertiary/aromatic N) is 2. The first-order valence-corrected chi connectivity index (χ1v) is 13.7. The number of hydrogen-bond acceptors (Lipinski definition) is 7. The van der Waals surface area contributed by atoms with Gasteiger partial charge < -0.3 is 5.11 Å². The topological polar surface area (TPSA) is 135 Å². The highest BCUT2D eigenvalue weighted by Crippen LogP contribution is 2.56. The third-order valence-corrected chi connectivity index (χ3v) is 9.12. The summed E-state index contributed by atoms with van der Waals surface area (Å²) in [6.07, 6.45) is 3.59. The van der Waals surface area contributed by atoms with Gasteiger partial charge >= 0.3 is 0 Å². The van der Waals surface area contributed by atoms with Gasteiger partial charge in [-0.15, -0.1) is 0 Å². The quantitative estimate of drug-likeness (QED) is 0.155. The Kier molecular flexibility index (Phi) is 5.63. The molecule has 0 saturated carbocycles. The van der Waals surface area contributed by atoms with Crippen molar-refractivity contribution in [3.05, 3.63) is 111 Å². The first-order chi connectivity index (χ1) is 20.2. The van der Waals surface area contributed by atoms with Crippen LogP contribution in [0.4, 0.5) is 11.4 Å². The zero-order valence-electron chi connectivity index (χ0n) is 22.4. The predicted octanol–water partition coefficient (Wildman–Crippen LogP) is 5.09. The highest BCUT2D eigenvalue weighted by molar-refractivity contribution is 6.25. The SMILES string of the molecule is CC1=CC(=O)C2=C(CC3C(=CCC4C(=O)N(c5ccc([N+](=O)[O-])cc5)C(=O)C43)C2c2ccc3ccccc3c2O)C1=O. The Morgan fingerprint density at radius 1 is 0.929 bits per heavy atom. The van der Waals surface area contributed by atoms with Gasteiger partial charge in [0.15, 0.2) is 11.6 Å². The van der Waals surface area contributed by atoms with Gasteiger partial charge in [-0.05, 0) is 49.3 Å². The lowest BCUT2D eigenvalue weighted by Crippen LogP contribution is -2.39. The van der Waals surface area contributed by atoms with E-state index in [2.05, 4.69) is 0 Å². The Labute approximate surface area is 239 Å². The van der Waals surface area contributed by atoms with Crippen LogP contribution in [0.15, 0.2) is 95.1 Å². The number of fused-ring (bicyclic) bond motifs is 4. The molecular formula is C33H24N2O7. The average molecular weight is 561 g/mol. The minimum atomic E-state index is -0.791. The van der Waals surface area contributed by atoms with Crippen LogP contribution in [-0.2, 0) is 19.2 Å². The van der Waals surface area contributed by atoms with Crippen molar-refractivity contribution in [3.8, 4) is 5.75 Å². The van der Waals surface area contributed by atoms with E-state index < -0.39 is 40.4 Å². The molecule has 9 heteroatoms. The van der Waals surface area contributed by atoms with E-state index in [1.807, 2.05) is 30.3 Å². The van der Waals surface area contributed by atoms with Crippen LogP contribution in [0.2, 0.25) is 0 Å². The molecule has 3 aromatic rings.